The second-order valence-corrected chi connectivity index (χ2v) is 4.89. The summed E-state index contributed by atoms with van der Waals surface area (Å²) in [6.07, 6.45) is 1.76. The van der Waals surface area contributed by atoms with Gasteiger partial charge in [-0.25, -0.2) is 4.98 Å². The Morgan fingerprint density at radius 1 is 1.50 bits per heavy atom. The van der Waals surface area contributed by atoms with Crippen LogP contribution in [0.15, 0.2) is 24.4 Å². The number of ether oxygens (including phenoxy) is 1. The highest BCUT2D eigenvalue weighted by atomic mass is 16.5. The fraction of sp³-hybridized carbons (Fsp3) is 0.538. The van der Waals surface area contributed by atoms with Crippen molar-refractivity contribution in [2.45, 2.75) is 12.5 Å². The molecule has 0 aromatic carbocycles. The van der Waals surface area contributed by atoms with Crippen molar-refractivity contribution in [2.24, 2.45) is 0 Å². The number of carbonyl (C=O) groups excluding carboxylic acids is 1. The van der Waals surface area contributed by atoms with Gasteiger partial charge < -0.3 is 14.5 Å². The van der Waals surface area contributed by atoms with E-state index in [2.05, 4.69) is 9.88 Å². The Morgan fingerprint density at radius 3 is 2.89 bits per heavy atom. The van der Waals surface area contributed by atoms with Gasteiger partial charge in [0, 0.05) is 26.8 Å². The molecule has 0 radical (unpaired) electrons. The van der Waals surface area contributed by atoms with E-state index in [1.54, 1.807) is 25.2 Å². The summed E-state index contributed by atoms with van der Waals surface area (Å²) in [5.41, 5.74) is -0.792. The largest absolute Gasteiger partial charge is 0.362 e. The maximum Gasteiger partial charge on any atom is 0.255 e. The van der Waals surface area contributed by atoms with Gasteiger partial charge in [0.15, 0.2) is 5.60 Å². The first-order valence-electron chi connectivity index (χ1n) is 6.05. The highest BCUT2D eigenvalue weighted by Gasteiger charge is 2.40. The van der Waals surface area contributed by atoms with Crippen molar-refractivity contribution in [2.75, 3.05) is 38.7 Å². The van der Waals surface area contributed by atoms with E-state index in [9.17, 15) is 4.79 Å². The molecule has 2 rings (SSSR count). The van der Waals surface area contributed by atoms with Gasteiger partial charge in [-0.3, -0.25) is 4.79 Å². The van der Waals surface area contributed by atoms with Gasteiger partial charge >= 0.3 is 0 Å². The number of carbonyl (C=O) groups is 1. The van der Waals surface area contributed by atoms with Crippen molar-refractivity contribution in [3.05, 3.63) is 24.4 Å². The number of likely N-dealkylation sites (N-methyl/N-ethyl adjacent to an activating group) is 1. The van der Waals surface area contributed by atoms with Crippen molar-refractivity contribution in [1.82, 2.24) is 9.88 Å². The number of nitrogens with zero attached hydrogens (tertiary/aromatic N) is 3. The smallest absolute Gasteiger partial charge is 0.255 e. The van der Waals surface area contributed by atoms with E-state index in [1.807, 2.05) is 25.1 Å². The molecular weight excluding hydrogens is 230 g/mol. The fourth-order valence-electron chi connectivity index (χ4n) is 2.21. The van der Waals surface area contributed by atoms with Gasteiger partial charge in [0.05, 0.1) is 13.2 Å². The lowest BCUT2D eigenvalue weighted by molar-refractivity contribution is -0.155. The predicted molar refractivity (Wildman–Crippen MR) is 69.5 cm³/mol. The number of pyridine rings is 1. The summed E-state index contributed by atoms with van der Waals surface area (Å²) in [5, 5.41) is 0. The molecule has 0 aliphatic carbocycles. The molecule has 1 aliphatic heterocycles. The molecule has 1 aromatic rings. The Kier molecular flexibility index (Phi) is 3.52. The molecule has 5 heteroatoms. The number of morpholine rings is 1. The van der Waals surface area contributed by atoms with Gasteiger partial charge in [-0.2, -0.15) is 0 Å². The fourth-order valence-corrected chi connectivity index (χ4v) is 2.21. The molecule has 5 nitrogen and oxygen atoms in total. The van der Waals surface area contributed by atoms with Crippen LogP contribution in [0.5, 0.6) is 0 Å². The Morgan fingerprint density at radius 2 is 2.28 bits per heavy atom. The lowest BCUT2D eigenvalue weighted by Crippen LogP contribution is -2.58. The van der Waals surface area contributed by atoms with Crippen LogP contribution in [-0.4, -0.2) is 55.2 Å². The summed E-state index contributed by atoms with van der Waals surface area (Å²) in [6, 6.07) is 5.78. The first-order valence-corrected chi connectivity index (χ1v) is 6.05. The highest BCUT2D eigenvalue weighted by molar-refractivity contribution is 5.85. The SMILES string of the molecule is CN(C)C(=O)[C@]1(C)CN(c2ccccn2)CCO1. The molecule has 1 aromatic heterocycles. The number of aromatic nitrogens is 1. The van der Waals surface area contributed by atoms with Gasteiger partial charge in [-0.1, -0.05) is 6.07 Å². The third-order valence-electron chi connectivity index (χ3n) is 3.11. The number of hydrogen-bond acceptors (Lipinski definition) is 4. The number of rotatable bonds is 2. The molecule has 0 N–H and O–H groups in total. The van der Waals surface area contributed by atoms with E-state index < -0.39 is 5.60 Å². The summed E-state index contributed by atoms with van der Waals surface area (Å²) in [7, 11) is 3.49. The van der Waals surface area contributed by atoms with Gasteiger partial charge in [-0.15, -0.1) is 0 Å². The molecular formula is C13H19N3O2. The molecule has 0 spiro atoms. The van der Waals surface area contributed by atoms with Crippen molar-refractivity contribution >= 4 is 11.7 Å². The lowest BCUT2D eigenvalue weighted by Gasteiger charge is -2.40. The van der Waals surface area contributed by atoms with Gasteiger partial charge in [-0.05, 0) is 19.1 Å². The second kappa shape index (κ2) is 4.94. The molecule has 2 heterocycles. The van der Waals surface area contributed by atoms with Crippen molar-refractivity contribution in [1.29, 1.82) is 0 Å². The number of amides is 1. The molecule has 1 aliphatic rings. The first kappa shape index (κ1) is 12.8. The van der Waals surface area contributed by atoms with E-state index in [1.165, 1.54) is 0 Å². The minimum atomic E-state index is -0.792. The maximum atomic E-state index is 12.2. The highest BCUT2D eigenvalue weighted by Crippen LogP contribution is 2.23. The zero-order valence-electron chi connectivity index (χ0n) is 11.1. The van der Waals surface area contributed by atoms with Crippen LogP contribution in [0.25, 0.3) is 0 Å². The third-order valence-corrected chi connectivity index (χ3v) is 3.11. The van der Waals surface area contributed by atoms with Crippen molar-refractivity contribution in [3.63, 3.8) is 0 Å². The van der Waals surface area contributed by atoms with E-state index in [4.69, 9.17) is 4.74 Å². The van der Waals surface area contributed by atoms with E-state index in [-0.39, 0.29) is 5.91 Å². The predicted octanol–water partition coefficient (Wildman–Crippen LogP) is 0.765. The number of hydrogen-bond donors (Lipinski definition) is 0. The average molecular weight is 249 g/mol. The van der Waals surface area contributed by atoms with Crippen LogP contribution in [0, 0.1) is 0 Å². The summed E-state index contributed by atoms with van der Waals surface area (Å²) in [6.45, 7) is 3.66. The molecule has 1 saturated heterocycles. The quantitative estimate of drug-likeness (QED) is 0.776. The molecule has 1 fully saturated rings. The molecule has 0 bridgehead atoms. The Bertz CT molecular complexity index is 422. The van der Waals surface area contributed by atoms with Crippen LogP contribution in [0.3, 0.4) is 0 Å². The topological polar surface area (TPSA) is 45.7 Å². The van der Waals surface area contributed by atoms with Crippen molar-refractivity contribution in [3.8, 4) is 0 Å². The van der Waals surface area contributed by atoms with Crippen LogP contribution in [0.4, 0.5) is 5.82 Å². The summed E-state index contributed by atoms with van der Waals surface area (Å²) < 4.78 is 5.68. The minimum Gasteiger partial charge on any atom is -0.362 e. The van der Waals surface area contributed by atoms with Crippen LogP contribution >= 0.6 is 0 Å². The monoisotopic (exact) mass is 249 g/mol. The third kappa shape index (κ3) is 2.46. The first-order chi connectivity index (χ1) is 8.53. The molecule has 0 saturated carbocycles. The Hall–Kier alpha value is -1.62. The lowest BCUT2D eigenvalue weighted by atomic mass is 10.0. The zero-order valence-corrected chi connectivity index (χ0v) is 11.1. The zero-order chi connectivity index (χ0) is 13.2. The molecule has 1 atom stereocenters. The minimum absolute atomic E-state index is 0.0110. The Labute approximate surface area is 107 Å². The summed E-state index contributed by atoms with van der Waals surface area (Å²) >= 11 is 0. The van der Waals surface area contributed by atoms with Gasteiger partial charge in [0.1, 0.15) is 5.82 Å². The normalized spacial score (nSPS) is 23.8. The summed E-state index contributed by atoms with van der Waals surface area (Å²) in [5.74, 6) is 0.877. The van der Waals surface area contributed by atoms with Crippen LogP contribution < -0.4 is 4.90 Å². The van der Waals surface area contributed by atoms with Crippen LogP contribution in [0.1, 0.15) is 6.92 Å². The summed E-state index contributed by atoms with van der Waals surface area (Å²) in [4.78, 5) is 20.1. The molecule has 1 amide bonds. The Balaban J connectivity index is 2.16. The maximum absolute atomic E-state index is 12.2. The molecule has 0 unspecified atom stereocenters. The standard InChI is InChI=1S/C13H19N3O2/c1-13(12(17)15(2)3)10-16(8-9-18-13)11-6-4-5-7-14-11/h4-7H,8-10H2,1-3H3/t13-/m0/s1. The van der Waals surface area contributed by atoms with Crippen LogP contribution in [0.2, 0.25) is 0 Å². The van der Waals surface area contributed by atoms with Gasteiger partial charge in [0.25, 0.3) is 5.91 Å². The van der Waals surface area contributed by atoms with E-state index >= 15 is 0 Å². The van der Waals surface area contributed by atoms with E-state index in [0.29, 0.717) is 13.2 Å². The average Bonchev–Trinajstić information content (AvgIpc) is 2.39. The van der Waals surface area contributed by atoms with Gasteiger partial charge in [0.2, 0.25) is 0 Å². The number of anilines is 1. The second-order valence-electron chi connectivity index (χ2n) is 4.89. The van der Waals surface area contributed by atoms with Crippen LogP contribution in [-0.2, 0) is 9.53 Å². The molecule has 18 heavy (non-hydrogen) atoms. The van der Waals surface area contributed by atoms with E-state index in [0.717, 1.165) is 12.4 Å². The van der Waals surface area contributed by atoms with Crippen molar-refractivity contribution < 1.29 is 9.53 Å². The molecule has 98 valence electrons.